The highest BCUT2D eigenvalue weighted by Gasteiger charge is 2.27. The number of carbonyl (C=O) groups is 1. The number of hydrogen-bond acceptors (Lipinski definition) is 3. The first kappa shape index (κ1) is 9.96. The van der Waals surface area contributed by atoms with Crippen LogP contribution in [0, 0.1) is 0 Å². The smallest absolute Gasteiger partial charge is 0.257 e. The Bertz CT molecular complexity index is 374. The maximum atomic E-state index is 12.0. The maximum Gasteiger partial charge on any atom is 0.257 e. The first-order chi connectivity index (χ1) is 7.20. The quantitative estimate of drug-likeness (QED) is 0.791. The number of nitrogens with two attached hydrogens (primary N) is 1. The normalized spacial score (nSPS) is 15.8. The average Bonchev–Trinajstić information content (AvgIpc) is 2.15. The number of nitrogens with zero attached hydrogens (tertiary/aromatic N) is 2. The molecule has 4 nitrogen and oxygen atoms in total. The Kier molecular flexibility index (Phi) is 2.58. The third-order valence-corrected chi connectivity index (χ3v) is 3.01. The molecule has 1 saturated carbocycles. The lowest BCUT2D eigenvalue weighted by molar-refractivity contribution is 0.0653. The fourth-order valence-electron chi connectivity index (χ4n) is 1.73. The zero-order chi connectivity index (χ0) is 10.8. The topological polar surface area (TPSA) is 59.2 Å². The molecule has 2 rings (SSSR count). The summed E-state index contributed by atoms with van der Waals surface area (Å²) >= 11 is 0. The van der Waals surface area contributed by atoms with Gasteiger partial charge >= 0.3 is 0 Å². The molecule has 0 aliphatic heterocycles. The molecule has 0 aromatic carbocycles. The number of amides is 1. The highest BCUT2D eigenvalue weighted by atomic mass is 16.2. The van der Waals surface area contributed by atoms with E-state index in [1.807, 2.05) is 7.05 Å². The Morgan fingerprint density at radius 3 is 2.87 bits per heavy atom. The maximum absolute atomic E-state index is 12.0. The van der Waals surface area contributed by atoms with Gasteiger partial charge in [-0.1, -0.05) is 0 Å². The molecule has 0 radical (unpaired) electrons. The highest BCUT2D eigenvalue weighted by Crippen LogP contribution is 2.25. The van der Waals surface area contributed by atoms with Gasteiger partial charge in [-0.25, -0.2) is 4.98 Å². The molecule has 1 fully saturated rings. The summed E-state index contributed by atoms with van der Waals surface area (Å²) in [6, 6.07) is 3.84. The Morgan fingerprint density at radius 1 is 1.60 bits per heavy atom. The van der Waals surface area contributed by atoms with Crippen molar-refractivity contribution in [3.63, 3.8) is 0 Å². The lowest BCUT2D eigenvalue weighted by atomic mass is 9.91. The van der Waals surface area contributed by atoms with Gasteiger partial charge in [-0.05, 0) is 31.4 Å². The third kappa shape index (κ3) is 1.79. The van der Waals surface area contributed by atoms with E-state index in [-0.39, 0.29) is 5.91 Å². The predicted molar refractivity (Wildman–Crippen MR) is 58.4 cm³/mol. The summed E-state index contributed by atoms with van der Waals surface area (Å²) in [5.41, 5.74) is 6.17. The molecule has 15 heavy (non-hydrogen) atoms. The van der Waals surface area contributed by atoms with E-state index in [4.69, 9.17) is 5.73 Å². The lowest BCUT2D eigenvalue weighted by Gasteiger charge is -2.34. The Morgan fingerprint density at radius 2 is 2.33 bits per heavy atom. The van der Waals surface area contributed by atoms with Crippen LogP contribution in [-0.4, -0.2) is 28.9 Å². The van der Waals surface area contributed by atoms with Crippen LogP contribution in [0.15, 0.2) is 18.3 Å². The van der Waals surface area contributed by atoms with E-state index in [1.54, 1.807) is 23.2 Å². The van der Waals surface area contributed by atoms with Crippen LogP contribution in [0.1, 0.15) is 29.6 Å². The fraction of sp³-hybridized carbons (Fsp3) is 0.455. The van der Waals surface area contributed by atoms with E-state index >= 15 is 0 Å². The molecule has 1 amide bonds. The van der Waals surface area contributed by atoms with Crippen molar-refractivity contribution < 1.29 is 4.79 Å². The summed E-state index contributed by atoms with van der Waals surface area (Å²) in [5, 5.41) is 0. The minimum Gasteiger partial charge on any atom is -0.383 e. The molecule has 4 heteroatoms. The number of aromatic nitrogens is 1. The van der Waals surface area contributed by atoms with Gasteiger partial charge in [-0.3, -0.25) is 4.79 Å². The zero-order valence-electron chi connectivity index (χ0n) is 8.81. The van der Waals surface area contributed by atoms with Gasteiger partial charge in [-0.15, -0.1) is 0 Å². The van der Waals surface area contributed by atoms with Gasteiger partial charge in [0.2, 0.25) is 0 Å². The molecule has 1 heterocycles. The van der Waals surface area contributed by atoms with Crippen LogP contribution in [-0.2, 0) is 0 Å². The standard InChI is InChI=1S/C11H15N3O/c1-14(8-4-2-5-8)11(15)9-6-3-7-13-10(9)12/h3,6-8H,2,4-5H2,1H3,(H2,12,13). The first-order valence-electron chi connectivity index (χ1n) is 5.18. The van der Waals surface area contributed by atoms with Crippen molar-refractivity contribution >= 4 is 11.7 Å². The second kappa shape index (κ2) is 3.88. The molecule has 2 N–H and O–H groups in total. The average molecular weight is 205 g/mol. The second-order valence-electron chi connectivity index (χ2n) is 3.94. The van der Waals surface area contributed by atoms with Gasteiger partial charge in [0.1, 0.15) is 5.82 Å². The molecular formula is C11H15N3O. The van der Waals surface area contributed by atoms with Crippen LogP contribution in [0.25, 0.3) is 0 Å². The number of carbonyl (C=O) groups excluding carboxylic acids is 1. The van der Waals surface area contributed by atoms with E-state index in [2.05, 4.69) is 4.98 Å². The number of rotatable bonds is 2. The Balaban J connectivity index is 2.16. The Labute approximate surface area is 89.1 Å². The monoisotopic (exact) mass is 205 g/mol. The van der Waals surface area contributed by atoms with Crippen molar-refractivity contribution in [1.82, 2.24) is 9.88 Å². The number of anilines is 1. The van der Waals surface area contributed by atoms with Crippen LogP contribution in [0.4, 0.5) is 5.82 Å². The van der Waals surface area contributed by atoms with Crippen molar-refractivity contribution in [2.75, 3.05) is 12.8 Å². The van der Waals surface area contributed by atoms with Gasteiger partial charge in [0.25, 0.3) is 5.91 Å². The SMILES string of the molecule is CN(C(=O)c1cccnc1N)C1CCC1. The molecule has 0 unspecified atom stereocenters. The van der Waals surface area contributed by atoms with Gasteiger partial charge in [0.15, 0.2) is 0 Å². The summed E-state index contributed by atoms with van der Waals surface area (Å²) in [6.07, 6.45) is 5.01. The number of nitrogen functional groups attached to an aromatic ring is 1. The molecule has 0 spiro atoms. The van der Waals surface area contributed by atoms with E-state index in [1.165, 1.54) is 6.42 Å². The summed E-state index contributed by atoms with van der Waals surface area (Å²) in [6.45, 7) is 0. The Hall–Kier alpha value is -1.58. The predicted octanol–water partition coefficient (Wildman–Crippen LogP) is 1.29. The summed E-state index contributed by atoms with van der Waals surface area (Å²) < 4.78 is 0. The summed E-state index contributed by atoms with van der Waals surface area (Å²) in [5.74, 6) is 0.291. The molecule has 1 aromatic rings. The van der Waals surface area contributed by atoms with E-state index in [9.17, 15) is 4.79 Å². The number of pyridine rings is 1. The van der Waals surface area contributed by atoms with Crippen molar-refractivity contribution in [3.8, 4) is 0 Å². The molecule has 1 aliphatic rings. The largest absolute Gasteiger partial charge is 0.383 e. The van der Waals surface area contributed by atoms with Crippen molar-refractivity contribution in [2.24, 2.45) is 0 Å². The molecule has 1 aromatic heterocycles. The van der Waals surface area contributed by atoms with E-state index in [0.29, 0.717) is 17.4 Å². The minimum absolute atomic E-state index is 0.0229. The number of hydrogen-bond donors (Lipinski definition) is 1. The van der Waals surface area contributed by atoms with Crippen LogP contribution in [0.2, 0.25) is 0 Å². The fourth-order valence-corrected chi connectivity index (χ4v) is 1.73. The van der Waals surface area contributed by atoms with Gasteiger partial charge in [0, 0.05) is 19.3 Å². The summed E-state index contributed by atoms with van der Waals surface area (Å²) in [7, 11) is 1.83. The molecule has 0 atom stereocenters. The van der Waals surface area contributed by atoms with Crippen LogP contribution >= 0.6 is 0 Å². The van der Waals surface area contributed by atoms with E-state index in [0.717, 1.165) is 12.8 Å². The highest BCUT2D eigenvalue weighted by molar-refractivity contribution is 5.98. The first-order valence-corrected chi connectivity index (χ1v) is 5.18. The zero-order valence-corrected chi connectivity index (χ0v) is 8.81. The van der Waals surface area contributed by atoms with Crippen LogP contribution in [0.3, 0.4) is 0 Å². The van der Waals surface area contributed by atoms with Crippen LogP contribution < -0.4 is 5.73 Å². The van der Waals surface area contributed by atoms with Crippen molar-refractivity contribution in [3.05, 3.63) is 23.9 Å². The van der Waals surface area contributed by atoms with Gasteiger partial charge < -0.3 is 10.6 Å². The molecular weight excluding hydrogens is 190 g/mol. The lowest BCUT2D eigenvalue weighted by Crippen LogP contribution is -2.41. The summed E-state index contributed by atoms with van der Waals surface area (Å²) in [4.78, 5) is 17.7. The van der Waals surface area contributed by atoms with Crippen LogP contribution in [0.5, 0.6) is 0 Å². The van der Waals surface area contributed by atoms with Crippen molar-refractivity contribution in [2.45, 2.75) is 25.3 Å². The van der Waals surface area contributed by atoms with Gasteiger partial charge in [0.05, 0.1) is 5.56 Å². The van der Waals surface area contributed by atoms with Crippen molar-refractivity contribution in [1.29, 1.82) is 0 Å². The molecule has 80 valence electrons. The van der Waals surface area contributed by atoms with E-state index < -0.39 is 0 Å². The molecule has 0 saturated heterocycles. The third-order valence-electron chi connectivity index (χ3n) is 3.01. The minimum atomic E-state index is -0.0229. The molecule has 1 aliphatic carbocycles. The second-order valence-corrected chi connectivity index (χ2v) is 3.94. The van der Waals surface area contributed by atoms with Gasteiger partial charge in [-0.2, -0.15) is 0 Å². The molecule has 0 bridgehead atoms.